The number of halogens is 1. The number of hydrogen-bond acceptors (Lipinski definition) is 3. The Bertz CT molecular complexity index is 580. The van der Waals surface area contributed by atoms with Gasteiger partial charge in [0.05, 0.1) is 19.3 Å². The minimum Gasteiger partial charge on any atom is -0.373 e. The molecule has 2 aliphatic heterocycles. The van der Waals surface area contributed by atoms with Crippen molar-refractivity contribution in [2.45, 2.75) is 38.3 Å². The van der Waals surface area contributed by atoms with Crippen LogP contribution in [-0.2, 0) is 11.2 Å². The number of benzene rings is 1. The zero-order valence-corrected chi connectivity index (χ0v) is 15.0. The fraction of sp³-hybridized carbons (Fsp3) is 0.632. The van der Waals surface area contributed by atoms with E-state index in [1.165, 1.54) is 25.5 Å². The predicted octanol–water partition coefficient (Wildman–Crippen LogP) is 1.79. The number of aliphatic imine (C=N–C) groups is 1. The first-order valence-corrected chi connectivity index (χ1v) is 9.37. The van der Waals surface area contributed by atoms with Crippen LogP contribution in [0.3, 0.4) is 0 Å². The number of nitrogens with zero attached hydrogens (tertiary/aromatic N) is 2. The second kappa shape index (κ2) is 9.15. The predicted molar refractivity (Wildman–Crippen MR) is 98.4 cm³/mol. The van der Waals surface area contributed by atoms with Crippen LogP contribution in [0, 0.1) is 5.82 Å². The molecule has 138 valence electrons. The lowest BCUT2D eigenvalue weighted by molar-refractivity contribution is -0.0432. The Labute approximate surface area is 149 Å². The second-order valence-corrected chi connectivity index (χ2v) is 6.77. The molecule has 2 atom stereocenters. The first kappa shape index (κ1) is 18.1. The Morgan fingerprint density at radius 1 is 1.40 bits per heavy atom. The molecule has 0 aromatic heterocycles. The smallest absolute Gasteiger partial charge is 0.191 e. The highest BCUT2D eigenvalue weighted by molar-refractivity contribution is 5.79. The topological polar surface area (TPSA) is 48.9 Å². The van der Waals surface area contributed by atoms with Crippen LogP contribution in [0.1, 0.15) is 25.3 Å². The maximum atomic E-state index is 13.2. The van der Waals surface area contributed by atoms with Gasteiger partial charge in [0.25, 0.3) is 0 Å². The van der Waals surface area contributed by atoms with Crippen LogP contribution < -0.4 is 10.6 Å². The SMILES string of the molecule is CCNC(=NCC1CN2CCCC2CO1)NCCc1cccc(F)c1. The molecule has 2 aliphatic rings. The number of guanidine groups is 1. The highest BCUT2D eigenvalue weighted by Crippen LogP contribution is 2.22. The highest BCUT2D eigenvalue weighted by atomic mass is 19.1. The number of hydrogen-bond donors (Lipinski definition) is 2. The fourth-order valence-corrected chi connectivity index (χ4v) is 3.55. The van der Waals surface area contributed by atoms with Gasteiger partial charge in [0.2, 0.25) is 0 Å². The molecule has 6 heteroatoms. The van der Waals surface area contributed by atoms with E-state index in [1.54, 1.807) is 12.1 Å². The first-order valence-electron chi connectivity index (χ1n) is 9.37. The average Bonchev–Trinajstić information content (AvgIpc) is 3.07. The third-order valence-corrected chi connectivity index (χ3v) is 4.85. The zero-order chi connectivity index (χ0) is 17.5. The summed E-state index contributed by atoms with van der Waals surface area (Å²) in [6.45, 7) is 7.26. The van der Waals surface area contributed by atoms with E-state index in [0.29, 0.717) is 12.6 Å². The Morgan fingerprint density at radius 3 is 3.16 bits per heavy atom. The van der Waals surface area contributed by atoms with Gasteiger partial charge in [-0.2, -0.15) is 0 Å². The molecular weight excluding hydrogens is 319 g/mol. The van der Waals surface area contributed by atoms with Crippen LogP contribution in [0.5, 0.6) is 0 Å². The van der Waals surface area contributed by atoms with Crippen molar-refractivity contribution in [3.8, 4) is 0 Å². The summed E-state index contributed by atoms with van der Waals surface area (Å²) < 4.78 is 19.2. The lowest BCUT2D eigenvalue weighted by Gasteiger charge is -2.34. The number of nitrogens with one attached hydrogen (secondary N) is 2. The van der Waals surface area contributed by atoms with Crippen molar-refractivity contribution in [3.63, 3.8) is 0 Å². The molecule has 2 saturated heterocycles. The van der Waals surface area contributed by atoms with Crippen molar-refractivity contribution in [3.05, 3.63) is 35.6 Å². The van der Waals surface area contributed by atoms with Crippen LogP contribution in [0.25, 0.3) is 0 Å². The maximum absolute atomic E-state index is 13.2. The number of ether oxygens (including phenoxy) is 1. The molecule has 1 aromatic rings. The van der Waals surface area contributed by atoms with Crippen LogP contribution in [0.4, 0.5) is 4.39 Å². The van der Waals surface area contributed by atoms with E-state index >= 15 is 0 Å². The van der Waals surface area contributed by atoms with E-state index in [0.717, 1.165) is 44.2 Å². The Hall–Kier alpha value is -1.66. The molecule has 3 rings (SSSR count). The molecule has 0 radical (unpaired) electrons. The molecule has 5 nitrogen and oxygen atoms in total. The lowest BCUT2D eigenvalue weighted by Crippen LogP contribution is -2.47. The molecule has 0 aliphatic carbocycles. The molecule has 2 fully saturated rings. The van der Waals surface area contributed by atoms with Gasteiger partial charge in [-0.15, -0.1) is 0 Å². The monoisotopic (exact) mass is 348 g/mol. The van der Waals surface area contributed by atoms with Gasteiger partial charge in [-0.05, 0) is 50.4 Å². The summed E-state index contributed by atoms with van der Waals surface area (Å²) in [5.41, 5.74) is 0.985. The van der Waals surface area contributed by atoms with Crippen LogP contribution in [0.15, 0.2) is 29.3 Å². The Kier molecular flexibility index (Phi) is 6.64. The molecule has 0 saturated carbocycles. The number of morpholine rings is 1. The minimum absolute atomic E-state index is 0.174. The number of fused-ring (bicyclic) bond motifs is 1. The standard InChI is InChI=1S/C19H29FN4O/c1-2-21-19(22-9-8-15-5-3-6-16(20)11-15)23-12-18-13-24-10-4-7-17(24)14-25-18/h3,5-6,11,17-18H,2,4,7-10,12-14H2,1H3,(H2,21,22,23). The summed E-state index contributed by atoms with van der Waals surface area (Å²) in [4.78, 5) is 7.20. The van der Waals surface area contributed by atoms with E-state index in [1.807, 2.05) is 6.07 Å². The summed E-state index contributed by atoms with van der Waals surface area (Å²) in [7, 11) is 0. The number of rotatable bonds is 6. The minimum atomic E-state index is -0.187. The van der Waals surface area contributed by atoms with Gasteiger partial charge in [-0.1, -0.05) is 12.1 Å². The molecule has 2 heterocycles. The summed E-state index contributed by atoms with van der Waals surface area (Å²) in [6.07, 6.45) is 3.49. The molecule has 0 bridgehead atoms. The first-order chi connectivity index (χ1) is 12.2. The highest BCUT2D eigenvalue weighted by Gasteiger charge is 2.31. The van der Waals surface area contributed by atoms with E-state index in [9.17, 15) is 4.39 Å². The van der Waals surface area contributed by atoms with Gasteiger partial charge < -0.3 is 15.4 Å². The van der Waals surface area contributed by atoms with Gasteiger partial charge in [-0.25, -0.2) is 4.39 Å². The largest absolute Gasteiger partial charge is 0.373 e. The van der Waals surface area contributed by atoms with E-state index in [2.05, 4.69) is 27.4 Å². The van der Waals surface area contributed by atoms with Crippen LogP contribution >= 0.6 is 0 Å². The third-order valence-electron chi connectivity index (χ3n) is 4.85. The fourth-order valence-electron chi connectivity index (χ4n) is 3.55. The quantitative estimate of drug-likeness (QED) is 0.608. The average molecular weight is 348 g/mol. The molecule has 25 heavy (non-hydrogen) atoms. The van der Waals surface area contributed by atoms with E-state index in [4.69, 9.17) is 4.74 Å². The normalized spacial score (nSPS) is 24.2. The second-order valence-electron chi connectivity index (χ2n) is 6.77. The van der Waals surface area contributed by atoms with Gasteiger partial charge in [0.15, 0.2) is 5.96 Å². The summed E-state index contributed by atoms with van der Waals surface area (Å²) in [5, 5.41) is 6.58. The van der Waals surface area contributed by atoms with Crippen molar-refractivity contribution < 1.29 is 9.13 Å². The third kappa shape index (κ3) is 5.41. The molecule has 0 spiro atoms. The summed E-state index contributed by atoms with van der Waals surface area (Å²) in [5.74, 6) is 0.610. The van der Waals surface area contributed by atoms with Gasteiger partial charge in [-0.3, -0.25) is 9.89 Å². The van der Waals surface area contributed by atoms with Crippen molar-refractivity contribution in [1.82, 2.24) is 15.5 Å². The van der Waals surface area contributed by atoms with E-state index < -0.39 is 0 Å². The molecular formula is C19H29FN4O. The molecule has 0 amide bonds. The van der Waals surface area contributed by atoms with E-state index in [-0.39, 0.29) is 11.9 Å². The molecule has 1 aromatic carbocycles. The van der Waals surface area contributed by atoms with Gasteiger partial charge >= 0.3 is 0 Å². The Balaban J connectivity index is 1.45. The Morgan fingerprint density at radius 2 is 2.32 bits per heavy atom. The lowest BCUT2D eigenvalue weighted by atomic mass is 10.1. The van der Waals surface area contributed by atoms with Crippen molar-refractivity contribution >= 4 is 5.96 Å². The van der Waals surface area contributed by atoms with Crippen LogP contribution in [0.2, 0.25) is 0 Å². The molecule has 2 N–H and O–H groups in total. The van der Waals surface area contributed by atoms with Crippen molar-refractivity contribution in [1.29, 1.82) is 0 Å². The van der Waals surface area contributed by atoms with Crippen molar-refractivity contribution in [2.75, 3.05) is 39.3 Å². The zero-order valence-electron chi connectivity index (χ0n) is 15.0. The van der Waals surface area contributed by atoms with Gasteiger partial charge in [0.1, 0.15) is 5.82 Å². The van der Waals surface area contributed by atoms with Gasteiger partial charge in [0, 0.05) is 25.7 Å². The molecule has 2 unspecified atom stereocenters. The summed E-state index contributed by atoms with van der Waals surface area (Å²) >= 11 is 0. The summed E-state index contributed by atoms with van der Waals surface area (Å²) in [6, 6.07) is 7.36. The van der Waals surface area contributed by atoms with Crippen molar-refractivity contribution in [2.24, 2.45) is 4.99 Å². The van der Waals surface area contributed by atoms with Crippen LogP contribution in [-0.4, -0.2) is 62.3 Å². The maximum Gasteiger partial charge on any atom is 0.191 e.